The second kappa shape index (κ2) is 8.71. The highest BCUT2D eigenvalue weighted by molar-refractivity contribution is 5.94. The zero-order chi connectivity index (χ0) is 20.0. The van der Waals surface area contributed by atoms with E-state index in [9.17, 15) is 9.59 Å². The van der Waals surface area contributed by atoms with Crippen LogP contribution in [0.15, 0.2) is 54.6 Å². The van der Waals surface area contributed by atoms with E-state index in [4.69, 9.17) is 4.74 Å². The van der Waals surface area contributed by atoms with Gasteiger partial charge in [-0.2, -0.15) is 0 Å². The number of anilines is 1. The zero-order valence-electron chi connectivity index (χ0n) is 16.6. The molecule has 0 aliphatic rings. The Morgan fingerprint density at radius 1 is 0.963 bits per heavy atom. The van der Waals surface area contributed by atoms with E-state index in [1.807, 2.05) is 65.0 Å². The molecule has 0 fully saturated rings. The molecule has 2 rings (SSSR count). The minimum absolute atomic E-state index is 0.104. The molecule has 1 atom stereocenters. The zero-order valence-corrected chi connectivity index (χ0v) is 16.6. The molecule has 0 saturated heterocycles. The molecule has 144 valence electrons. The third-order valence-electron chi connectivity index (χ3n) is 4.08. The van der Waals surface area contributed by atoms with Crippen LogP contribution in [-0.2, 0) is 4.79 Å². The predicted octanol–water partition coefficient (Wildman–Crippen LogP) is 5.16. The Balaban J connectivity index is 2.05. The van der Waals surface area contributed by atoms with E-state index in [0.29, 0.717) is 11.4 Å². The predicted molar refractivity (Wildman–Crippen MR) is 108 cm³/mol. The van der Waals surface area contributed by atoms with Crippen molar-refractivity contribution >= 4 is 17.7 Å². The van der Waals surface area contributed by atoms with Crippen LogP contribution in [0.2, 0.25) is 0 Å². The lowest BCUT2D eigenvalue weighted by Crippen LogP contribution is -2.34. The summed E-state index contributed by atoms with van der Waals surface area (Å²) < 4.78 is 5.42. The highest BCUT2D eigenvalue weighted by Gasteiger charge is 2.22. The monoisotopic (exact) mass is 368 g/mol. The van der Waals surface area contributed by atoms with Crippen LogP contribution in [-0.4, -0.2) is 12.0 Å². The summed E-state index contributed by atoms with van der Waals surface area (Å²) in [6, 6.07) is 16.4. The van der Waals surface area contributed by atoms with Gasteiger partial charge in [0.2, 0.25) is 5.91 Å². The summed E-state index contributed by atoms with van der Waals surface area (Å²) in [5.74, 6) is 0.472. The molecule has 0 bridgehead atoms. The fourth-order valence-electron chi connectivity index (χ4n) is 2.51. The molecular weight excluding hydrogens is 340 g/mol. The number of benzene rings is 2. The largest absolute Gasteiger partial charge is 0.413 e. The first-order valence-corrected chi connectivity index (χ1v) is 9.11. The van der Waals surface area contributed by atoms with Crippen molar-refractivity contribution in [2.75, 3.05) is 5.32 Å². The van der Waals surface area contributed by atoms with Gasteiger partial charge in [0.1, 0.15) is 5.75 Å². The maximum atomic E-state index is 12.4. The van der Waals surface area contributed by atoms with Crippen molar-refractivity contribution in [3.05, 3.63) is 60.2 Å². The smallest absolute Gasteiger partial charge is 0.410 e. The second-order valence-electron chi connectivity index (χ2n) is 7.90. The van der Waals surface area contributed by atoms with Gasteiger partial charge in [0.25, 0.3) is 0 Å². The summed E-state index contributed by atoms with van der Waals surface area (Å²) in [7, 11) is 0. The quantitative estimate of drug-likeness (QED) is 0.766. The molecule has 2 aromatic rings. The molecule has 2 N–H and O–H groups in total. The number of hydrogen-bond acceptors (Lipinski definition) is 3. The molecular formula is C22H28N2O3. The summed E-state index contributed by atoms with van der Waals surface area (Å²) in [5.41, 5.74) is 1.10. The van der Waals surface area contributed by atoms with Crippen molar-refractivity contribution in [1.82, 2.24) is 5.32 Å². The molecule has 0 heterocycles. The van der Waals surface area contributed by atoms with Crippen LogP contribution in [0.1, 0.15) is 46.2 Å². The molecule has 2 aromatic carbocycles. The standard InChI is InChI=1S/C22H28N2O3/c1-15(2)19(16-10-7-6-8-11-16)24-21(26)27-18-13-9-12-17(14-18)23-20(25)22(3,4)5/h6-15,19H,1-5H3,(H,23,25)(H,24,26). The Labute approximate surface area is 161 Å². The second-order valence-corrected chi connectivity index (χ2v) is 7.90. The third-order valence-corrected chi connectivity index (χ3v) is 4.08. The lowest BCUT2D eigenvalue weighted by molar-refractivity contribution is -0.123. The Morgan fingerprint density at radius 2 is 1.63 bits per heavy atom. The number of nitrogens with one attached hydrogen (secondary N) is 2. The average Bonchev–Trinajstić information content (AvgIpc) is 2.59. The van der Waals surface area contributed by atoms with Crippen molar-refractivity contribution in [1.29, 1.82) is 0 Å². The van der Waals surface area contributed by atoms with Crippen molar-refractivity contribution < 1.29 is 14.3 Å². The topological polar surface area (TPSA) is 67.4 Å². The average molecular weight is 368 g/mol. The summed E-state index contributed by atoms with van der Waals surface area (Å²) in [6.07, 6.45) is -0.531. The highest BCUT2D eigenvalue weighted by Crippen LogP contribution is 2.23. The van der Waals surface area contributed by atoms with E-state index >= 15 is 0 Å². The number of carbonyl (C=O) groups is 2. The Bertz CT molecular complexity index is 780. The van der Waals surface area contributed by atoms with E-state index in [0.717, 1.165) is 5.56 Å². The molecule has 0 saturated carbocycles. The number of hydrogen-bond donors (Lipinski definition) is 2. The molecule has 0 aliphatic carbocycles. The molecule has 5 heteroatoms. The van der Waals surface area contributed by atoms with Gasteiger partial charge in [0.05, 0.1) is 6.04 Å². The van der Waals surface area contributed by atoms with Crippen LogP contribution in [0.5, 0.6) is 5.75 Å². The minimum atomic E-state index is -0.531. The van der Waals surface area contributed by atoms with Crippen molar-refractivity contribution in [3.8, 4) is 5.75 Å². The summed E-state index contributed by atoms with van der Waals surface area (Å²) >= 11 is 0. The van der Waals surface area contributed by atoms with Crippen molar-refractivity contribution in [2.24, 2.45) is 11.3 Å². The normalized spacial score (nSPS) is 12.4. The molecule has 0 aromatic heterocycles. The number of rotatable bonds is 5. The van der Waals surface area contributed by atoms with Gasteiger partial charge in [-0.1, -0.05) is 71.0 Å². The van der Waals surface area contributed by atoms with E-state index < -0.39 is 11.5 Å². The van der Waals surface area contributed by atoms with E-state index in [-0.39, 0.29) is 17.9 Å². The lowest BCUT2D eigenvalue weighted by atomic mass is 9.95. The molecule has 0 aliphatic heterocycles. The molecule has 0 spiro atoms. The third kappa shape index (κ3) is 6.13. The SMILES string of the molecule is CC(C)C(NC(=O)Oc1cccc(NC(=O)C(C)(C)C)c1)c1ccccc1. The van der Waals surface area contributed by atoms with Crippen LogP contribution in [0.3, 0.4) is 0 Å². The van der Waals surface area contributed by atoms with Gasteiger partial charge in [-0.25, -0.2) is 4.79 Å². The molecule has 1 unspecified atom stereocenters. The van der Waals surface area contributed by atoms with Gasteiger partial charge in [-0.15, -0.1) is 0 Å². The van der Waals surface area contributed by atoms with Gasteiger partial charge in [-0.3, -0.25) is 4.79 Å². The number of ether oxygens (including phenoxy) is 1. The van der Waals surface area contributed by atoms with Gasteiger partial charge >= 0.3 is 6.09 Å². The van der Waals surface area contributed by atoms with Crippen LogP contribution in [0, 0.1) is 11.3 Å². The van der Waals surface area contributed by atoms with Crippen LogP contribution >= 0.6 is 0 Å². The first-order chi connectivity index (χ1) is 12.7. The number of carbonyl (C=O) groups excluding carboxylic acids is 2. The van der Waals surface area contributed by atoms with Crippen LogP contribution < -0.4 is 15.4 Å². The van der Waals surface area contributed by atoms with Crippen molar-refractivity contribution in [2.45, 2.75) is 40.7 Å². The first kappa shape index (κ1) is 20.5. The fourth-order valence-corrected chi connectivity index (χ4v) is 2.51. The van der Waals surface area contributed by atoms with E-state index in [1.165, 1.54) is 0 Å². The minimum Gasteiger partial charge on any atom is -0.410 e. The van der Waals surface area contributed by atoms with E-state index in [2.05, 4.69) is 10.6 Å². The molecule has 0 radical (unpaired) electrons. The van der Waals surface area contributed by atoms with Crippen LogP contribution in [0.25, 0.3) is 0 Å². The summed E-state index contributed by atoms with van der Waals surface area (Å²) in [5, 5.41) is 5.75. The van der Waals surface area contributed by atoms with Gasteiger partial charge in [0.15, 0.2) is 0 Å². The number of amides is 2. The van der Waals surface area contributed by atoms with Gasteiger partial charge in [-0.05, 0) is 23.6 Å². The maximum absolute atomic E-state index is 12.4. The first-order valence-electron chi connectivity index (χ1n) is 9.11. The summed E-state index contributed by atoms with van der Waals surface area (Å²) in [4.78, 5) is 24.5. The maximum Gasteiger partial charge on any atom is 0.413 e. The fraction of sp³-hybridized carbons (Fsp3) is 0.364. The lowest BCUT2D eigenvalue weighted by Gasteiger charge is -2.22. The summed E-state index contributed by atoms with van der Waals surface area (Å²) in [6.45, 7) is 9.60. The molecule has 2 amide bonds. The van der Waals surface area contributed by atoms with Gasteiger partial charge < -0.3 is 15.4 Å². The highest BCUT2D eigenvalue weighted by atomic mass is 16.6. The van der Waals surface area contributed by atoms with Crippen LogP contribution in [0.4, 0.5) is 10.5 Å². The Hall–Kier alpha value is -2.82. The van der Waals surface area contributed by atoms with E-state index in [1.54, 1.807) is 24.3 Å². The molecule has 27 heavy (non-hydrogen) atoms. The Morgan fingerprint density at radius 3 is 2.22 bits per heavy atom. The van der Waals surface area contributed by atoms with Crippen molar-refractivity contribution in [3.63, 3.8) is 0 Å². The molecule has 5 nitrogen and oxygen atoms in total. The Kier molecular flexibility index (Phi) is 6.61. The van der Waals surface area contributed by atoms with Gasteiger partial charge in [0, 0.05) is 17.2 Å².